The molecule has 0 fully saturated rings. The fraction of sp³-hybridized carbons (Fsp3) is 0.188. The van der Waals surface area contributed by atoms with Gasteiger partial charge in [0.15, 0.2) is 0 Å². The summed E-state index contributed by atoms with van der Waals surface area (Å²) < 4.78 is 14.0. The van der Waals surface area contributed by atoms with Crippen LogP contribution in [0.5, 0.6) is 0 Å². The van der Waals surface area contributed by atoms with Crippen molar-refractivity contribution < 1.29 is 9.18 Å². The van der Waals surface area contributed by atoms with Crippen LogP contribution in [0.25, 0.3) is 0 Å². The number of rotatable bonds is 2. The first-order chi connectivity index (χ1) is 9.02. The average Bonchev–Trinajstić information content (AvgIpc) is 2.41. The predicted molar refractivity (Wildman–Crippen MR) is 75.0 cm³/mol. The number of carbonyl (C=O) groups excluding carboxylic acids is 1. The number of benzene rings is 2. The van der Waals surface area contributed by atoms with Gasteiger partial charge in [0.05, 0.1) is 5.56 Å². The van der Waals surface area contributed by atoms with Crippen LogP contribution in [-0.4, -0.2) is 13.0 Å². The second-order valence-electron chi connectivity index (χ2n) is 4.59. The fourth-order valence-corrected chi connectivity index (χ4v) is 2.04. The van der Waals surface area contributed by atoms with Crippen molar-refractivity contribution >= 4 is 11.6 Å². The molecule has 0 aliphatic carbocycles. The molecule has 0 aromatic heterocycles. The molecule has 0 saturated heterocycles. The number of halogens is 1. The summed E-state index contributed by atoms with van der Waals surface area (Å²) in [6.07, 6.45) is 0. The van der Waals surface area contributed by atoms with E-state index in [4.69, 9.17) is 0 Å². The summed E-state index contributed by atoms with van der Waals surface area (Å²) in [4.78, 5) is 13.8. The van der Waals surface area contributed by atoms with Gasteiger partial charge in [0, 0.05) is 12.7 Å². The molecule has 0 saturated carbocycles. The maximum Gasteiger partial charge on any atom is 0.261 e. The van der Waals surface area contributed by atoms with E-state index in [2.05, 4.69) is 0 Å². The number of carbonyl (C=O) groups is 1. The maximum absolute atomic E-state index is 14.0. The third-order valence-electron chi connectivity index (χ3n) is 3.20. The van der Waals surface area contributed by atoms with Crippen LogP contribution in [0.4, 0.5) is 10.1 Å². The number of anilines is 1. The second-order valence-corrected chi connectivity index (χ2v) is 4.59. The van der Waals surface area contributed by atoms with Crippen molar-refractivity contribution in [3.63, 3.8) is 0 Å². The molecule has 2 nitrogen and oxygen atoms in total. The highest BCUT2D eigenvalue weighted by Gasteiger charge is 2.19. The van der Waals surface area contributed by atoms with Gasteiger partial charge in [0.25, 0.3) is 5.91 Å². The quantitative estimate of drug-likeness (QED) is 0.803. The number of hydrogen-bond acceptors (Lipinski definition) is 1. The summed E-state index contributed by atoms with van der Waals surface area (Å²) in [5, 5.41) is 0. The number of nitrogens with zero attached hydrogens (tertiary/aromatic N) is 1. The van der Waals surface area contributed by atoms with E-state index in [9.17, 15) is 9.18 Å². The maximum atomic E-state index is 14.0. The molecule has 0 N–H and O–H groups in total. The third-order valence-corrected chi connectivity index (χ3v) is 3.20. The number of para-hydroxylation sites is 1. The molecule has 0 atom stereocenters. The van der Waals surface area contributed by atoms with Crippen LogP contribution in [0.2, 0.25) is 0 Å². The van der Waals surface area contributed by atoms with Crippen molar-refractivity contribution in [3.8, 4) is 0 Å². The van der Waals surface area contributed by atoms with Crippen LogP contribution in [0, 0.1) is 19.7 Å². The summed E-state index contributed by atoms with van der Waals surface area (Å²) in [6.45, 7) is 3.57. The van der Waals surface area contributed by atoms with Gasteiger partial charge in [0.1, 0.15) is 5.82 Å². The Morgan fingerprint density at radius 2 is 1.63 bits per heavy atom. The van der Waals surface area contributed by atoms with Crippen molar-refractivity contribution in [3.05, 3.63) is 65.0 Å². The van der Waals surface area contributed by atoms with Crippen LogP contribution in [0.3, 0.4) is 0 Å². The topological polar surface area (TPSA) is 20.3 Å². The standard InChI is InChI=1S/C16H16FNO/c1-11-7-4-5-10-14(11)18(3)16(19)13-9-6-8-12(2)15(13)17/h4-10H,1-3H3. The number of hydrogen-bond donors (Lipinski definition) is 0. The Morgan fingerprint density at radius 3 is 2.32 bits per heavy atom. The molecule has 0 unspecified atom stereocenters. The normalized spacial score (nSPS) is 10.3. The monoisotopic (exact) mass is 257 g/mol. The third kappa shape index (κ3) is 2.50. The lowest BCUT2D eigenvalue weighted by Crippen LogP contribution is -2.27. The average molecular weight is 257 g/mol. The molecule has 0 aliphatic heterocycles. The van der Waals surface area contributed by atoms with Gasteiger partial charge in [-0.25, -0.2) is 4.39 Å². The summed E-state index contributed by atoms with van der Waals surface area (Å²) in [6, 6.07) is 12.4. The van der Waals surface area contributed by atoms with E-state index >= 15 is 0 Å². The predicted octanol–water partition coefficient (Wildman–Crippen LogP) is 3.72. The van der Waals surface area contributed by atoms with Crippen molar-refractivity contribution in [2.45, 2.75) is 13.8 Å². The second kappa shape index (κ2) is 5.22. The Kier molecular flexibility index (Phi) is 3.65. The van der Waals surface area contributed by atoms with Gasteiger partial charge < -0.3 is 4.90 Å². The lowest BCUT2D eigenvalue weighted by molar-refractivity contribution is 0.0989. The Balaban J connectivity index is 2.40. The first kappa shape index (κ1) is 13.3. The highest BCUT2D eigenvalue weighted by Crippen LogP contribution is 2.21. The molecule has 1 amide bonds. The van der Waals surface area contributed by atoms with Gasteiger partial charge in [-0.15, -0.1) is 0 Å². The van der Waals surface area contributed by atoms with Gasteiger partial charge in [-0.3, -0.25) is 4.79 Å². The molecule has 2 rings (SSSR count). The Hall–Kier alpha value is -2.16. The number of aryl methyl sites for hydroxylation is 2. The van der Waals surface area contributed by atoms with Crippen molar-refractivity contribution in [2.75, 3.05) is 11.9 Å². The van der Waals surface area contributed by atoms with Crippen LogP contribution in [0.15, 0.2) is 42.5 Å². The Labute approximate surface area is 112 Å². The number of amides is 1. The molecule has 0 radical (unpaired) electrons. The van der Waals surface area contributed by atoms with Crippen molar-refractivity contribution in [1.82, 2.24) is 0 Å². The minimum atomic E-state index is -0.451. The van der Waals surface area contributed by atoms with Crippen LogP contribution < -0.4 is 4.90 Å². The summed E-state index contributed by atoms with van der Waals surface area (Å²) in [7, 11) is 1.66. The van der Waals surface area contributed by atoms with Gasteiger partial charge in [-0.05, 0) is 37.1 Å². The fourth-order valence-electron chi connectivity index (χ4n) is 2.04. The molecule has 98 valence electrons. The van der Waals surface area contributed by atoms with Gasteiger partial charge in [-0.2, -0.15) is 0 Å². The Bertz CT molecular complexity index is 622. The van der Waals surface area contributed by atoms with E-state index < -0.39 is 5.82 Å². The summed E-state index contributed by atoms with van der Waals surface area (Å²) in [5.74, 6) is -0.788. The van der Waals surface area contributed by atoms with Crippen molar-refractivity contribution in [1.29, 1.82) is 0 Å². The molecule has 2 aromatic carbocycles. The largest absolute Gasteiger partial charge is 0.311 e. The summed E-state index contributed by atoms with van der Waals surface area (Å²) >= 11 is 0. The SMILES string of the molecule is Cc1ccccc1N(C)C(=O)c1cccc(C)c1F. The minimum absolute atomic E-state index is 0.103. The molecule has 2 aromatic rings. The van der Waals surface area contributed by atoms with E-state index in [0.717, 1.165) is 11.3 Å². The smallest absolute Gasteiger partial charge is 0.261 e. The zero-order chi connectivity index (χ0) is 14.0. The minimum Gasteiger partial charge on any atom is -0.311 e. The molecular weight excluding hydrogens is 241 g/mol. The van der Waals surface area contributed by atoms with Gasteiger partial charge >= 0.3 is 0 Å². The van der Waals surface area contributed by atoms with Crippen LogP contribution in [-0.2, 0) is 0 Å². The molecule has 3 heteroatoms. The molecule has 0 bridgehead atoms. The zero-order valence-corrected chi connectivity index (χ0v) is 11.3. The van der Waals surface area contributed by atoms with E-state index in [1.54, 1.807) is 26.1 Å². The Morgan fingerprint density at radius 1 is 1.00 bits per heavy atom. The summed E-state index contributed by atoms with van der Waals surface area (Å²) in [5.41, 5.74) is 2.34. The van der Waals surface area contributed by atoms with E-state index in [0.29, 0.717) is 5.56 Å². The highest BCUT2D eigenvalue weighted by atomic mass is 19.1. The molecule has 0 spiro atoms. The highest BCUT2D eigenvalue weighted by molar-refractivity contribution is 6.06. The lowest BCUT2D eigenvalue weighted by Gasteiger charge is -2.20. The van der Waals surface area contributed by atoms with Crippen LogP contribution in [0.1, 0.15) is 21.5 Å². The zero-order valence-electron chi connectivity index (χ0n) is 11.3. The van der Waals surface area contributed by atoms with E-state index in [-0.39, 0.29) is 11.5 Å². The molecule has 19 heavy (non-hydrogen) atoms. The van der Waals surface area contributed by atoms with E-state index in [1.165, 1.54) is 11.0 Å². The van der Waals surface area contributed by atoms with E-state index in [1.807, 2.05) is 31.2 Å². The molecule has 0 aliphatic rings. The van der Waals surface area contributed by atoms with Gasteiger partial charge in [0.2, 0.25) is 0 Å². The molecule has 0 heterocycles. The van der Waals surface area contributed by atoms with Crippen molar-refractivity contribution in [2.24, 2.45) is 0 Å². The molecular formula is C16H16FNO. The first-order valence-corrected chi connectivity index (χ1v) is 6.11. The van der Waals surface area contributed by atoms with Crippen LogP contribution >= 0.6 is 0 Å². The van der Waals surface area contributed by atoms with Gasteiger partial charge in [-0.1, -0.05) is 30.3 Å². The lowest BCUT2D eigenvalue weighted by atomic mass is 10.1. The first-order valence-electron chi connectivity index (χ1n) is 6.11.